The van der Waals surface area contributed by atoms with Crippen molar-refractivity contribution in [2.45, 2.75) is 31.8 Å². The highest BCUT2D eigenvalue weighted by Gasteiger charge is 2.34. The SMILES string of the molecule is C[C@@H](NC(=O)c1cccs1)C(=O)N1CCC[C@@H]1c1nc2ccccc2s1. The number of likely N-dealkylation sites (tertiary alicyclic amines) is 1. The van der Waals surface area contributed by atoms with Gasteiger partial charge in [-0.25, -0.2) is 4.98 Å². The second-order valence-electron chi connectivity index (χ2n) is 6.38. The van der Waals surface area contributed by atoms with Crippen LogP contribution in [0, 0.1) is 0 Å². The average Bonchev–Trinajstić information content (AvgIpc) is 3.40. The number of thiophene rings is 1. The van der Waals surface area contributed by atoms with Crippen LogP contribution in [-0.4, -0.2) is 34.3 Å². The summed E-state index contributed by atoms with van der Waals surface area (Å²) < 4.78 is 1.14. The summed E-state index contributed by atoms with van der Waals surface area (Å²) in [5, 5.41) is 5.65. The van der Waals surface area contributed by atoms with Gasteiger partial charge in [0.2, 0.25) is 5.91 Å². The zero-order chi connectivity index (χ0) is 18.1. The number of benzene rings is 1. The summed E-state index contributed by atoms with van der Waals surface area (Å²) in [7, 11) is 0. The molecule has 7 heteroatoms. The van der Waals surface area contributed by atoms with E-state index in [1.807, 2.05) is 34.5 Å². The number of para-hydroxylation sites is 1. The molecule has 3 aromatic rings. The summed E-state index contributed by atoms with van der Waals surface area (Å²) in [5.41, 5.74) is 0.978. The number of nitrogens with one attached hydrogen (secondary N) is 1. The Kier molecular flexibility index (Phi) is 4.74. The van der Waals surface area contributed by atoms with E-state index < -0.39 is 6.04 Å². The van der Waals surface area contributed by atoms with E-state index in [0.717, 1.165) is 28.1 Å². The molecule has 1 aliphatic rings. The number of carbonyl (C=O) groups is 2. The zero-order valence-corrected chi connectivity index (χ0v) is 16.0. The van der Waals surface area contributed by atoms with Crippen molar-refractivity contribution in [3.63, 3.8) is 0 Å². The second kappa shape index (κ2) is 7.17. The fourth-order valence-corrected chi connectivity index (χ4v) is 5.05. The number of aromatic nitrogens is 1. The molecule has 1 aliphatic heterocycles. The van der Waals surface area contributed by atoms with Gasteiger partial charge in [-0.15, -0.1) is 22.7 Å². The first-order chi connectivity index (χ1) is 12.6. The molecule has 0 unspecified atom stereocenters. The van der Waals surface area contributed by atoms with Crippen LogP contribution >= 0.6 is 22.7 Å². The number of carbonyl (C=O) groups excluding carboxylic acids is 2. The summed E-state index contributed by atoms with van der Waals surface area (Å²) in [6.07, 6.45) is 1.87. The Hall–Kier alpha value is -2.25. The van der Waals surface area contributed by atoms with Gasteiger partial charge in [0.25, 0.3) is 5.91 Å². The number of fused-ring (bicyclic) bond motifs is 1. The minimum Gasteiger partial charge on any atom is -0.340 e. The Morgan fingerprint density at radius 2 is 2.12 bits per heavy atom. The van der Waals surface area contributed by atoms with E-state index in [0.29, 0.717) is 11.4 Å². The predicted molar refractivity (Wildman–Crippen MR) is 105 cm³/mol. The molecule has 1 fully saturated rings. The van der Waals surface area contributed by atoms with Crippen LogP contribution in [0.3, 0.4) is 0 Å². The lowest BCUT2D eigenvalue weighted by Crippen LogP contribution is -2.46. The predicted octanol–water partition coefficient (Wildman–Crippen LogP) is 3.84. The molecule has 4 rings (SSSR count). The first kappa shape index (κ1) is 17.2. The largest absolute Gasteiger partial charge is 0.340 e. The van der Waals surface area contributed by atoms with Gasteiger partial charge in [-0.1, -0.05) is 18.2 Å². The van der Waals surface area contributed by atoms with Gasteiger partial charge in [-0.2, -0.15) is 0 Å². The van der Waals surface area contributed by atoms with Gasteiger partial charge in [-0.3, -0.25) is 9.59 Å². The molecule has 26 heavy (non-hydrogen) atoms. The quantitative estimate of drug-likeness (QED) is 0.742. The summed E-state index contributed by atoms with van der Waals surface area (Å²) in [4.78, 5) is 32.4. The molecule has 5 nitrogen and oxygen atoms in total. The minimum atomic E-state index is -0.556. The molecule has 2 amide bonds. The lowest BCUT2D eigenvalue weighted by molar-refractivity contribution is -0.133. The lowest BCUT2D eigenvalue weighted by Gasteiger charge is -2.26. The molecule has 1 saturated heterocycles. The Morgan fingerprint density at radius 3 is 2.88 bits per heavy atom. The first-order valence-corrected chi connectivity index (χ1v) is 10.3. The van der Waals surface area contributed by atoms with Crippen LogP contribution in [0.2, 0.25) is 0 Å². The monoisotopic (exact) mass is 385 g/mol. The third-order valence-electron chi connectivity index (χ3n) is 4.59. The molecule has 134 valence electrons. The van der Waals surface area contributed by atoms with E-state index in [9.17, 15) is 9.59 Å². The summed E-state index contributed by atoms with van der Waals surface area (Å²) >= 11 is 3.02. The Labute approximate surface area is 159 Å². The fraction of sp³-hybridized carbons (Fsp3) is 0.316. The van der Waals surface area contributed by atoms with Crippen molar-refractivity contribution in [1.29, 1.82) is 0 Å². The molecule has 0 aliphatic carbocycles. The molecule has 2 aromatic heterocycles. The number of hydrogen-bond acceptors (Lipinski definition) is 5. The molecule has 2 atom stereocenters. The van der Waals surface area contributed by atoms with E-state index in [1.165, 1.54) is 11.3 Å². The number of amides is 2. The van der Waals surface area contributed by atoms with E-state index in [1.54, 1.807) is 24.3 Å². The van der Waals surface area contributed by atoms with E-state index in [2.05, 4.69) is 11.4 Å². The fourth-order valence-electron chi connectivity index (χ4n) is 3.31. The molecule has 1 N–H and O–H groups in total. The Balaban J connectivity index is 1.50. The van der Waals surface area contributed by atoms with Crippen molar-refractivity contribution in [3.05, 3.63) is 51.7 Å². The van der Waals surface area contributed by atoms with Crippen molar-refractivity contribution in [2.75, 3.05) is 6.54 Å². The maximum Gasteiger partial charge on any atom is 0.261 e. The third kappa shape index (κ3) is 3.24. The first-order valence-electron chi connectivity index (χ1n) is 8.64. The topological polar surface area (TPSA) is 62.3 Å². The van der Waals surface area contributed by atoms with E-state index >= 15 is 0 Å². The van der Waals surface area contributed by atoms with Crippen LogP contribution in [-0.2, 0) is 4.79 Å². The summed E-state index contributed by atoms with van der Waals surface area (Å²) in [6.45, 7) is 2.46. The van der Waals surface area contributed by atoms with Crippen LogP contribution in [0.5, 0.6) is 0 Å². The molecular weight excluding hydrogens is 366 g/mol. The minimum absolute atomic E-state index is 0.000917. The van der Waals surface area contributed by atoms with Crippen molar-refractivity contribution >= 4 is 44.7 Å². The van der Waals surface area contributed by atoms with Gasteiger partial charge in [0.1, 0.15) is 11.0 Å². The molecule has 0 spiro atoms. The van der Waals surface area contributed by atoms with Gasteiger partial charge < -0.3 is 10.2 Å². The molecule has 0 radical (unpaired) electrons. The highest BCUT2D eigenvalue weighted by Crippen LogP contribution is 2.36. The van der Waals surface area contributed by atoms with Gasteiger partial charge in [0.05, 0.1) is 21.1 Å². The number of nitrogens with zero attached hydrogens (tertiary/aromatic N) is 2. The van der Waals surface area contributed by atoms with Gasteiger partial charge in [-0.05, 0) is 43.3 Å². The molecular formula is C19H19N3O2S2. The van der Waals surface area contributed by atoms with Crippen molar-refractivity contribution in [3.8, 4) is 0 Å². The third-order valence-corrected chi connectivity index (χ3v) is 6.60. The zero-order valence-electron chi connectivity index (χ0n) is 14.3. The van der Waals surface area contributed by atoms with Gasteiger partial charge in [0.15, 0.2) is 0 Å². The van der Waals surface area contributed by atoms with Crippen LogP contribution in [0.1, 0.15) is 40.5 Å². The van der Waals surface area contributed by atoms with Crippen molar-refractivity contribution in [2.24, 2.45) is 0 Å². The number of thiazole rings is 1. The number of hydrogen-bond donors (Lipinski definition) is 1. The average molecular weight is 386 g/mol. The van der Waals surface area contributed by atoms with Crippen LogP contribution in [0.15, 0.2) is 41.8 Å². The normalized spacial score (nSPS) is 18.2. The molecule has 1 aromatic carbocycles. The van der Waals surface area contributed by atoms with Crippen LogP contribution in [0.25, 0.3) is 10.2 Å². The number of rotatable bonds is 4. The Bertz CT molecular complexity index is 902. The Morgan fingerprint density at radius 1 is 1.27 bits per heavy atom. The van der Waals surface area contributed by atoms with Gasteiger partial charge >= 0.3 is 0 Å². The molecule has 3 heterocycles. The maximum atomic E-state index is 12.9. The van der Waals surface area contributed by atoms with E-state index in [4.69, 9.17) is 4.98 Å². The molecule has 0 bridgehead atoms. The highest BCUT2D eigenvalue weighted by molar-refractivity contribution is 7.18. The second-order valence-corrected chi connectivity index (χ2v) is 8.39. The smallest absolute Gasteiger partial charge is 0.261 e. The van der Waals surface area contributed by atoms with Crippen molar-refractivity contribution in [1.82, 2.24) is 15.2 Å². The van der Waals surface area contributed by atoms with Crippen molar-refractivity contribution < 1.29 is 9.59 Å². The van der Waals surface area contributed by atoms with Crippen LogP contribution in [0.4, 0.5) is 0 Å². The standard InChI is InChI=1S/C19H19N3O2S2/c1-12(20-17(23)16-9-5-11-25-16)19(24)22-10-4-7-14(22)18-21-13-6-2-3-8-15(13)26-18/h2-3,5-6,8-9,11-12,14H,4,7,10H2,1H3,(H,20,23)/t12-,14-/m1/s1. The highest BCUT2D eigenvalue weighted by atomic mass is 32.1. The summed E-state index contributed by atoms with van der Waals surface area (Å²) in [5.74, 6) is -0.242. The lowest BCUT2D eigenvalue weighted by atomic mass is 10.2. The van der Waals surface area contributed by atoms with Gasteiger partial charge in [0, 0.05) is 6.54 Å². The van der Waals surface area contributed by atoms with Crippen LogP contribution < -0.4 is 5.32 Å². The maximum absolute atomic E-state index is 12.9. The summed E-state index contributed by atoms with van der Waals surface area (Å²) in [6, 6.07) is 11.1. The van der Waals surface area contributed by atoms with E-state index in [-0.39, 0.29) is 17.9 Å². The molecule has 0 saturated carbocycles.